The fraction of sp³-hybridized carbons (Fsp3) is 0.429. The van der Waals surface area contributed by atoms with Crippen LogP contribution in [0, 0.1) is 0 Å². The lowest BCUT2D eigenvalue weighted by molar-refractivity contribution is 0.304. The van der Waals surface area contributed by atoms with Gasteiger partial charge in [0, 0.05) is 24.3 Å². The highest BCUT2D eigenvalue weighted by Gasteiger charge is 2.26. The number of rotatable bonds is 7. The molecule has 2 aromatic rings. The Hall–Kier alpha value is -2.00. The number of aryl methyl sites for hydroxylation is 1. The van der Waals surface area contributed by atoms with Crippen LogP contribution in [0.3, 0.4) is 0 Å². The summed E-state index contributed by atoms with van der Waals surface area (Å²) >= 11 is 0. The Bertz CT molecular complexity index is 656. The van der Waals surface area contributed by atoms with E-state index in [-0.39, 0.29) is 6.04 Å². The summed E-state index contributed by atoms with van der Waals surface area (Å²) in [4.78, 5) is 2.46. The number of ether oxygens (including phenoxy) is 1. The Morgan fingerprint density at radius 1 is 1.12 bits per heavy atom. The monoisotopic (exact) mass is 324 g/mol. The van der Waals surface area contributed by atoms with Crippen LogP contribution < -0.4 is 15.4 Å². The second-order valence-electron chi connectivity index (χ2n) is 6.42. The van der Waals surface area contributed by atoms with Crippen molar-refractivity contribution in [3.05, 3.63) is 59.7 Å². The van der Waals surface area contributed by atoms with Crippen LogP contribution in [-0.4, -0.2) is 19.7 Å². The van der Waals surface area contributed by atoms with E-state index in [4.69, 9.17) is 10.5 Å². The number of fused-ring (bicyclic) bond motifs is 1. The van der Waals surface area contributed by atoms with E-state index < -0.39 is 0 Å². The van der Waals surface area contributed by atoms with Crippen LogP contribution in [0.4, 0.5) is 5.69 Å². The number of nitrogens with two attached hydrogens (primary N) is 1. The molecule has 1 unspecified atom stereocenters. The van der Waals surface area contributed by atoms with Crippen LogP contribution in [0.25, 0.3) is 0 Å². The summed E-state index contributed by atoms with van der Waals surface area (Å²) < 4.78 is 6.06. The standard InChI is InChI=1S/C21H28N2O/c1-2-3-15-24-21-13-7-5-11-18(21)20(16-22)23-14-8-10-17-9-4-6-12-19(17)23/h4-7,9,11-13,20H,2-3,8,10,14-16,22H2,1H3. The van der Waals surface area contributed by atoms with Gasteiger partial charge in [0.15, 0.2) is 0 Å². The zero-order valence-corrected chi connectivity index (χ0v) is 14.6. The molecule has 3 rings (SSSR count). The van der Waals surface area contributed by atoms with Gasteiger partial charge in [0.25, 0.3) is 0 Å². The van der Waals surface area contributed by atoms with E-state index in [2.05, 4.69) is 54.3 Å². The number of para-hydroxylation sites is 2. The van der Waals surface area contributed by atoms with Gasteiger partial charge in [0.1, 0.15) is 5.75 Å². The molecule has 0 saturated carbocycles. The van der Waals surface area contributed by atoms with Crippen LogP contribution in [0.5, 0.6) is 5.75 Å². The molecule has 3 nitrogen and oxygen atoms in total. The highest BCUT2D eigenvalue weighted by molar-refractivity contribution is 5.58. The average Bonchev–Trinajstić information content (AvgIpc) is 2.64. The predicted molar refractivity (Wildman–Crippen MR) is 101 cm³/mol. The summed E-state index contributed by atoms with van der Waals surface area (Å²) in [5, 5.41) is 0. The molecule has 1 atom stereocenters. The summed E-state index contributed by atoms with van der Waals surface area (Å²) in [5.74, 6) is 0.976. The van der Waals surface area contributed by atoms with Crippen molar-refractivity contribution in [1.29, 1.82) is 0 Å². The van der Waals surface area contributed by atoms with Gasteiger partial charge in [-0.3, -0.25) is 0 Å². The van der Waals surface area contributed by atoms with Gasteiger partial charge in [-0.2, -0.15) is 0 Å². The fourth-order valence-corrected chi connectivity index (χ4v) is 3.52. The van der Waals surface area contributed by atoms with Crippen molar-refractivity contribution in [3.8, 4) is 5.75 Å². The van der Waals surface area contributed by atoms with Gasteiger partial charge in [-0.05, 0) is 37.0 Å². The van der Waals surface area contributed by atoms with E-state index in [0.29, 0.717) is 6.54 Å². The minimum atomic E-state index is 0.157. The lowest BCUT2D eigenvalue weighted by Gasteiger charge is -2.38. The lowest BCUT2D eigenvalue weighted by Crippen LogP contribution is -2.37. The van der Waals surface area contributed by atoms with Gasteiger partial charge >= 0.3 is 0 Å². The van der Waals surface area contributed by atoms with Crippen LogP contribution in [0.2, 0.25) is 0 Å². The van der Waals surface area contributed by atoms with Gasteiger partial charge in [-0.25, -0.2) is 0 Å². The Labute approximate surface area is 145 Å². The molecule has 24 heavy (non-hydrogen) atoms. The van der Waals surface area contributed by atoms with Crippen molar-refractivity contribution in [1.82, 2.24) is 0 Å². The van der Waals surface area contributed by atoms with Gasteiger partial charge < -0.3 is 15.4 Å². The summed E-state index contributed by atoms with van der Waals surface area (Å²) in [5.41, 5.74) is 10.2. The van der Waals surface area contributed by atoms with E-state index >= 15 is 0 Å². The molecule has 1 aliphatic rings. The maximum absolute atomic E-state index is 6.22. The number of hydrogen-bond donors (Lipinski definition) is 1. The zero-order chi connectivity index (χ0) is 16.8. The van der Waals surface area contributed by atoms with Gasteiger partial charge in [-0.1, -0.05) is 49.7 Å². The molecule has 2 aromatic carbocycles. The van der Waals surface area contributed by atoms with Crippen molar-refractivity contribution in [2.24, 2.45) is 5.73 Å². The third kappa shape index (κ3) is 3.57. The van der Waals surface area contributed by atoms with Crippen molar-refractivity contribution in [2.75, 3.05) is 24.6 Å². The molecule has 2 N–H and O–H groups in total. The molecular formula is C21H28N2O. The Morgan fingerprint density at radius 2 is 1.92 bits per heavy atom. The second kappa shape index (κ2) is 8.20. The second-order valence-corrected chi connectivity index (χ2v) is 6.42. The molecule has 0 bridgehead atoms. The molecule has 3 heteroatoms. The Balaban J connectivity index is 1.90. The quantitative estimate of drug-likeness (QED) is 0.771. The molecule has 0 fully saturated rings. The molecule has 0 spiro atoms. The SMILES string of the molecule is CCCCOc1ccccc1C(CN)N1CCCc2ccccc21. The third-order valence-electron chi connectivity index (χ3n) is 4.78. The van der Waals surface area contributed by atoms with E-state index in [1.807, 2.05) is 6.07 Å². The molecule has 0 aliphatic carbocycles. The van der Waals surface area contributed by atoms with E-state index in [9.17, 15) is 0 Å². The zero-order valence-electron chi connectivity index (χ0n) is 14.6. The summed E-state index contributed by atoms with van der Waals surface area (Å²) in [7, 11) is 0. The summed E-state index contributed by atoms with van der Waals surface area (Å²) in [6.07, 6.45) is 4.54. The number of nitrogens with zero attached hydrogens (tertiary/aromatic N) is 1. The summed E-state index contributed by atoms with van der Waals surface area (Å²) in [6, 6.07) is 17.2. The first-order chi connectivity index (χ1) is 11.8. The smallest absolute Gasteiger partial charge is 0.124 e. The highest BCUT2D eigenvalue weighted by atomic mass is 16.5. The van der Waals surface area contributed by atoms with Crippen LogP contribution in [-0.2, 0) is 6.42 Å². The fourth-order valence-electron chi connectivity index (χ4n) is 3.52. The van der Waals surface area contributed by atoms with Crippen LogP contribution in [0.15, 0.2) is 48.5 Å². The minimum absolute atomic E-state index is 0.157. The predicted octanol–water partition coefficient (Wildman–Crippen LogP) is 4.32. The van der Waals surface area contributed by atoms with E-state index in [0.717, 1.165) is 38.2 Å². The largest absolute Gasteiger partial charge is 0.493 e. The van der Waals surface area contributed by atoms with Crippen molar-refractivity contribution < 1.29 is 4.74 Å². The highest BCUT2D eigenvalue weighted by Crippen LogP contribution is 2.36. The number of benzene rings is 2. The molecular weight excluding hydrogens is 296 g/mol. The number of anilines is 1. The van der Waals surface area contributed by atoms with E-state index in [1.54, 1.807) is 0 Å². The maximum Gasteiger partial charge on any atom is 0.124 e. The van der Waals surface area contributed by atoms with Crippen molar-refractivity contribution in [3.63, 3.8) is 0 Å². The first kappa shape index (κ1) is 16.8. The minimum Gasteiger partial charge on any atom is -0.493 e. The van der Waals surface area contributed by atoms with Gasteiger partial charge in [0.2, 0.25) is 0 Å². The maximum atomic E-state index is 6.22. The molecule has 0 amide bonds. The molecule has 128 valence electrons. The Morgan fingerprint density at radius 3 is 2.75 bits per heavy atom. The van der Waals surface area contributed by atoms with Gasteiger partial charge in [-0.15, -0.1) is 0 Å². The van der Waals surface area contributed by atoms with Crippen molar-refractivity contribution in [2.45, 2.75) is 38.6 Å². The van der Waals surface area contributed by atoms with E-state index in [1.165, 1.54) is 23.2 Å². The molecule has 0 saturated heterocycles. The molecule has 1 aliphatic heterocycles. The van der Waals surface area contributed by atoms with Crippen molar-refractivity contribution >= 4 is 5.69 Å². The van der Waals surface area contributed by atoms with Gasteiger partial charge in [0.05, 0.1) is 12.6 Å². The van der Waals surface area contributed by atoms with Crippen LogP contribution in [0.1, 0.15) is 43.4 Å². The average molecular weight is 324 g/mol. The lowest BCUT2D eigenvalue weighted by atomic mass is 9.96. The summed E-state index contributed by atoms with van der Waals surface area (Å²) in [6.45, 7) is 4.58. The first-order valence-electron chi connectivity index (χ1n) is 9.11. The normalized spacial score (nSPS) is 15.0. The molecule has 0 radical (unpaired) electrons. The first-order valence-corrected chi connectivity index (χ1v) is 9.11. The number of unbranched alkanes of at least 4 members (excludes halogenated alkanes) is 1. The molecule has 0 aromatic heterocycles. The number of hydrogen-bond acceptors (Lipinski definition) is 3. The molecule has 1 heterocycles. The topological polar surface area (TPSA) is 38.5 Å². The third-order valence-corrected chi connectivity index (χ3v) is 4.78. The van der Waals surface area contributed by atoms with Crippen LogP contribution >= 0.6 is 0 Å². The Kier molecular flexibility index (Phi) is 5.76.